The molecule has 0 spiro atoms. The number of aryl methyl sites for hydroxylation is 1. The molecular formula is C12H9ClO4. The van der Waals surface area contributed by atoms with Gasteiger partial charge >= 0.3 is 6.16 Å². The van der Waals surface area contributed by atoms with E-state index >= 15 is 0 Å². The Balaban J connectivity index is 2.34. The van der Waals surface area contributed by atoms with E-state index in [0.717, 1.165) is 5.56 Å². The first-order chi connectivity index (χ1) is 8.06. The van der Waals surface area contributed by atoms with Crippen molar-refractivity contribution in [3.05, 3.63) is 41.1 Å². The summed E-state index contributed by atoms with van der Waals surface area (Å²) in [5, 5.41) is 9.15. The zero-order valence-corrected chi connectivity index (χ0v) is 9.69. The van der Waals surface area contributed by atoms with Crippen LogP contribution < -0.4 is 4.74 Å². The van der Waals surface area contributed by atoms with E-state index in [9.17, 15) is 4.79 Å². The highest BCUT2D eigenvalue weighted by Gasteiger charge is 2.12. The van der Waals surface area contributed by atoms with Gasteiger partial charge in [-0.15, -0.1) is 0 Å². The van der Waals surface area contributed by atoms with Crippen LogP contribution >= 0.6 is 11.6 Å². The quantitative estimate of drug-likeness (QED) is 0.822. The lowest BCUT2D eigenvalue weighted by Crippen LogP contribution is -2.02. The molecule has 0 atom stereocenters. The minimum Gasteiger partial charge on any atom is -0.457 e. The Morgan fingerprint density at radius 2 is 2.00 bits per heavy atom. The van der Waals surface area contributed by atoms with Crippen LogP contribution in [0.25, 0.3) is 11.3 Å². The molecule has 0 fully saturated rings. The number of benzene rings is 1. The number of hydrogen-bond acceptors (Lipinski definition) is 3. The molecule has 1 aromatic heterocycles. The Morgan fingerprint density at radius 1 is 1.35 bits per heavy atom. The largest absolute Gasteiger partial charge is 0.511 e. The lowest BCUT2D eigenvalue weighted by Gasteiger charge is -1.95. The zero-order valence-electron chi connectivity index (χ0n) is 8.94. The third-order valence-corrected chi connectivity index (χ3v) is 2.45. The van der Waals surface area contributed by atoms with Gasteiger partial charge < -0.3 is 14.3 Å². The van der Waals surface area contributed by atoms with Crippen LogP contribution in [-0.2, 0) is 0 Å². The van der Waals surface area contributed by atoms with Crippen LogP contribution in [-0.4, -0.2) is 11.3 Å². The van der Waals surface area contributed by atoms with E-state index in [4.69, 9.17) is 21.1 Å². The van der Waals surface area contributed by atoms with E-state index < -0.39 is 6.16 Å². The average molecular weight is 253 g/mol. The van der Waals surface area contributed by atoms with E-state index in [1.54, 1.807) is 31.2 Å². The van der Waals surface area contributed by atoms with E-state index in [2.05, 4.69) is 4.74 Å². The summed E-state index contributed by atoms with van der Waals surface area (Å²) in [6.07, 6.45) is -1.36. The smallest absolute Gasteiger partial charge is 0.457 e. The van der Waals surface area contributed by atoms with Gasteiger partial charge in [-0.05, 0) is 31.2 Å². The molecule has 1 aromatic carbocycles. The lowest BCUT2D eigenvalue weighted by atomic mass is 10.2. The molecule has 88 valence electrons. The Labute approximate surface area is 102 Å². The molecule has 17 heavy (non-hydrogen) atoms. The second-order valence-corrected chi connectivity index (χ2v) is 3.84. The van der Waals surface area contributed by atoms with Gasteiger partial charge in [0.1, 0.15) is 11.5 Å². The number of furan rings is 1. The van der Waals surface area contributed by atoms with Crippen molar-refractivity contribution in [2.75, 3.05) is 0 Å². The van der Waals surface area contributed by atoms with Gasteiger partial charge in [0.05, 0.1) is 0 Å². The summed E-state index contributed by atoms with van der Waals surface area (Å²) in [7, 11) is 0. The highest BCUT2D eigenvalue weighted by atomic mass is 35.5. The minimum atomic E-state index is -1.36. The molecule has 0 saturated carbocycles. The molecule has 0 aliphatic carbocycles. The third-order valence-electron chi connectivity index (χ3n) is 2.20. The first-order valence-electron chi connectivity index (χ1n) is 4.83. The Morgan fingerprint density at radius 3 is 2.59 bits per heavy atom. The van der Waals surface area contributed by atoms with E-state index in [0.29, 0.717) is 16.5 Å². The highest BCUT2D eigenvalue weighted by Crippen LogP contribution is 2.30. The van der Waals surface area contributed by atoms with E-state index in [-0.39, 0.29) is 5.75 Å². The predicted octanol–water partition coefficient (Wildman–Crippen LogP) is 3.97. The van der Waals surface area contributed by atoms with Gasteiger partial charge in [0, 0.05) is 16.7 Å². The molecule has 1 heterocycles. The lowest BCUT2D eigenvalue weighted by molar-refractivity contribution is 0.143. The van der Waals surface area contributed by atoms with Crippen molar-refractivity contribution in [3.63, 3.8) is 0 Å². The van der Waals surface area contributed by atoms with Crippen molar-refractivity contribution in [1.82, 2.24) is 0 Å². The molecule has 0 aliphatic rings. The fraction of sp³-hybridized carbons (Fsp3) is 0.0833. The van der Waals surface area contributed by atoms with Crippen LogP contribution in [0.1, 0.15) is 5.76 Å². The predicted molar refractivity (Wildman–Crippen MR) is 62.5 cm³/mol. The Bertz CT molecular complexity index is 542. The second kappa shape index (κ2) is 4.51. The van der Waals surface area contributed by atoms with Gasteiger partial charge in [0.15, 0.2) is 5.75 Å². The van der Waals surface area contributed by atoms with Crippen LogP contribution in [0.4, 0.5) is 4.79 Å². The molecule has 2 rings (SSSR count). The van der Waals surface area contributed by atoms with Crippen molar-refractivity contribution >= 4 is 17.8 Å². The van der Waals surface area contributed by atoms with Crippen molar-refractivity contribution in [2.24, 2.45) is 0 Å². The first-order valence-corrected chi connectivity index (χ1v) is 5.21. The van der Waals surface area contributed by atoms with Gasteiger partial charge in [-0.3, -0.25) is 0 Å². The minimum absolute atomic E-state index is 0.197. The number of carboxylic acid groups (broad SMARTS) is 1. The van der Waals surface area contributed by atoms with Crippen LogP contribution in [0.15, 0.2) is 34.7 Å². The zero-order chi connectivity index (χ0) is 12.4. The molecule has 0 amide bonds. The summed E-state index contributed by atoms with van der Waals surface area (Å²) in [5.74, 6) is 1.15. The molecule has 0 unspecified atom stereocenters. The van der Waals surface area contributed by atoms with Gasteiger partial charge in [-0.2, -0.15) is 0 Å². The SMILES string of the molecule is Cc1oc(-c2ccc(Cl)cc2)cc1OC(=O)O. The molecule has 4 nitrogen and oxygen atoms in total. The number of halogens is 1. The number of carbonyl (C=O) groups is 1. The van der Waals surface area contributed by atoms with E-state index in [1.165, 1.54) is 6.07 Å². The normalized spacial score (nSPS) is 10.2. The summed E-state index contributed by atoms with van der Waals surface area (Å²) in [6.45, 7) is 1.64. The third kappa shape index (κ3) is 2.60. The topological polar surface area (TPSA) is 59.7 Å². The molecule has 1 N–H and O–H groups in total. The number of rotatable bonds is 2. The molecule has 0 aliphatic heterocycles. The first kappa shape index (κ1) is 11.5. The van der Waals surface area contributed by atoms with Crippen molar-refractivity contribution < 1.29 is 19.1 Å². The van der Waals surface area contributed by atoms with Crippen molar-refractivity contribution in [1.29, 1.82) is 0 Å². The molecule has 5 heteroatoms. The highest BCUT2D eigenvalue weighted by molar-refractivity contribution is 6.30. The number of ether oxygens (including phenoxy) is 1. The fourth-order valence-corrected chi connectivity index (χ4v) is 1.54. The van der Waals surface area contributed by atoms with Crippen LogP contribution in [0.3, 0.4) is 0 Å². The molecule has 2 aromatic rings. The maximum Gasteiger partial charge on any atom is 0.511 e. The molecular weight excluding hydrogens is 244 g/mol. The van der Waals surface area contributed by atoms with Crippen LogP contribution in [0.5, 0.6) is 5.75 Å². The molecule has 0 bridgehead atoms. The standard InChI is InChI=1S/C12H9ClO4/c1-7-10(17-12(14)15)6-11(16-7)8-2-4-9(13)5-3-8/h2-6H,1H3,(H,14,15). The monoisotopic (exact) mass is 252 g/mol. The van der Waals surface area contributed by atoms with Gasteiger partial charge in [-0.25, -0.2) is 4.79 Å². The van der Waals surface area contributed by atoms with Crippen LogP contribution in [0.2, 0.25) is 5.02 Å². The van der Waals surface area contributed by atoms with Gasteiger partial charge in [-0.1, -0.05) is 11.6 Å². The molecule has 0 saturated heterocycles. The Hall–Kier alpha value is -1.94. The summed E-state index contributed by atoms with van der Waals surface area (Å²) in [6, 6.07) is 8.56. The van der Waals surface area contributed by atoms with Crippen molar-refractivity contribution in [2.45, 2.75) is 6.92 Å². The van der Waals surface area contributed by atoms with Gasteiger partial charge in [0.25, 0.3) is 0 Å². The second-order valence-electron chi connectivity index (χ2n) is 3.41. The van der Waals surface area contributed by atoms with E-state index in [1.807, 2.05) is 0 Å². The summed E-state index contributed by atoms with van der Waals surface area (Å²) < 4.78 is 9.98. The fourth-order valence-electron chi connectivity index (χ4n) is 1.42. The maximum absolute atomic E-state index is 10.4. The summed E-state index contributed by atoms with van der Waals surface area (Å²) in [4.78, 5) is 10.4. The molecule has 0 radical (unpaired) electrons. The average Bonchev–Trinajstić information content (AvgIpc) is 2.60. The maximum atomic E-state index is 10.4. The van der Waals surface area contributed by atoms with Crippen molar-refractivity contribution in [3.8, 4) is 17.1 Å². The van der Waals surface area contributed by atoms with Crippen LogP contribution in [0, 0.1) is 6.92 Å². The summed E-state index contributed by atoms with van der Waals surface area (Å²) >= 11 is 5.77. The number of hydrogen-bond donors (Lipinski definition) is 1. The Kier molecular flexibility index (Phi) is 3.06. The summed E-state index contributed by atoms with van der Waals surface area (Å²) in [5.41, 5.74) is 0.803. The van der Waals surface area contributed by atoms with Gasteiger partial charge in [0.2, 0.25) is 0 Å².